The molecule has 1 aliphatic carbocycles. The van der Waals surface area contributed by atoms with Crippen LogP contribution < -0.4 is 10.6 Å². The van der Waals surface area contributed by atoms with Crippen molar-refractivity contribution in [3.05, 3.63) is 59.7 Å². The van der Waals surface area contributed by atoms with Crippen molar-refractivity contribution < 1.29 is 14.6 Å². The number of carbonyl (C=O) groups excluding carboxylic acids is 1. The Bertz CT molecular complexity index is 762. The molecule has 2 unspecified atom stereocenters. The van der Waals surface area contributed by atoms with E-state index in [1.807, 2.05) is 24.3 Å². The molecule has 0 radical (unpaired) electrons. The number of benzene rings is 2. The fourth-order valence-corrected chi connectivity index (χ4v) is 4.27. The van der Waals surface area contributed by atoms with Crippen molar-refractivity contribution in [3.63, 3.8) is 0 Å². The zero-order chi connectivity index (χ0) is 18.6. The van der Waals surface area contributed by atoms with E-state index in [9.17, 15) is 9.90 Å². The largest absolute Gasteiger partial charge is 0.449 e. The van der Waals surface area contributed by atoms with Gasteiger partial charge in [0, 0.05) is 24.5 Å². The van der Waals surface area contributed by atoms with Crippen molar-refractivity contribution in [1.29, 1.82) is 0 Å². The van der Waals surface area contributed by atoms with E-state index in [1.165, 1.54) is 22.3 Å². The first-order valence-electron chi connectivity index (χ1n) is 9.72. The number of ether oxygens (including phenoxy) is 1. The molecular weight excluding hydrogens is 340 g/mol. The molecule has 4 rings (SSSR count). The maximum atomic E-state index is 12.2. The Kier molecular flexibility index (Phi) is 5.41. The van der Waals surface area contributed by atoms with Gasteiger partial charge in [0.25, 0.3) is 0 Å². The topological polar surface area (TPSA) is 70.6 Å². The SMILES string of the molecule is O=C(NCC1CCCC(CO)N1)OCC1c2ccccc2-c2ccccc21. The number of carbonyl (C=O) groups is 1. The number of amides is 1. The molecule has 5 heteroatoms. The molecule has 1 aliphatic heterocycles. The minimum atomic E-state index is -0.384. The molecule has 0 bridgehead atoms. The second-order valence-corrected chi connectivity index (χ2v) is 7.38. The molecule has 1 saturated heterocycles. The van der Waals surface area contributed by atoms with Gasteiger partial charge < -0.3 is 20.5 Å². The van der Waals surface area contributed by atoms with Crippen molar-refractivity contribution in [2.45, 2.75) is 37.3 Å². The molecule has 2 aliphatic rings. The summed E-state index contributed by atoms with van der Waals surface area (Å²) in [5.74, 6) is 0.0784. The first-order chi connectivity index (χ1) is 13.3. The molecular formula is C22H26N2O3. The first-order valence-corrected chi connectivity index (χ1v) is 9.72. The minimum Gasteiger partial charge on any atom is -0.449 e. The van der Waals surface area contributed by atoms with Crippen LogP contribution >= 0.6 is 0 Å². The van der Waals surface area contributed by atoms with E-state index < -0.39 is 0 Å². The molecule has 2 aromatic carbocycles. The summed E-state index contributed by atoms with van der Waals surface area (Å²) in [6.45, 7) is 0.992. The Labute approximate surface area is 159 Å². The van der Waals surface area contributed by atoms with Gasteiger partial charge >= 0.3 is 6.09 Å². The van der Waals surface area contributed by atoms with Gasteiger partial charge in [-0.1, -0.05) is 55.0 Å². The summed E-state index contributed by atoms with van der Waals surface area (Å²) in [6, 6.07) is 17.0. The molecule has 1 amide bonds. The summed E-state index contributed by atoms with van der Waals surface area (Å²) in [7, 11) is 0. The monoisotopic (exact) mass is 366 g/mol. The minimum absolute atomic E-state index is 0.0784. The van der Waals surface area contributed by atoms with Gasteiger partial charge in [-0.15, -0.1) is 0 Å². The van der Waals surface area contributed by atoms with E-state index in [4.69, 9.17) is 4.74 Å². The van der Waals surface area contributed by atoms with Crippen molar-refractivity contribution in [2.75, 3.05) is 19.8 Å². The van der Waals surface area contributed by atoms with Crippen LogP contribution in [0.1, 0.15) is 36.3 Å². The van der Waals surface area contributed by atoms with Gasteiger partial charge in [0.15, 0.2) is 0 Å². The lowest BCUT2D eigenvalue weighted by Crippen LogP contribution is -2.49. The van der Waals surface area contributed by atoms with Crippen LogP contribution in [0, 0.1) is 0 Å². The number of piperidine rings is 1. The van der Waals surface area contributed by atoms with E-state index >= 15 is 0 Å². The van der Waals surface area contributed by atoms with Gasteiger partial charge in [-0.3, -0.25) is 0 Å². The molecule has 0 spiro atoms. The molecule has 0 saturated carbocycles. The fraction of sp³-hybridized carbons (Fsp3) is 0.409. The highest BCUT2D eigenvalue weighted by molar-refractivity contribution is 5.79. The maximum absolute atomic E-state index is 12.2. The third kappa shape index (κ3) is 3.84. The van der Waals surface area contributed by atoms with Gasteiger partial charge in [0.1, 0.15) is 6.61 Å². The number of alkyl carbamates (subject to hydrolysis) is 1. The molecule has 2 aromatic rings. The smallest absolute Gasteiger partial charge is 0.407 e. The highest BCUT2D eigenvalue weighted by atomic mass is 16.5. The van der Waals surface area contributed by atoms with Crippen LogP contribution in [-0.2, 0) is 4.74 Å². The molecule has 1 fully saturated rings. The van der Waals surface area contributed by atoms with Gasteiger partial charge in [0.2, 0.25) is 0 Å². The second-order valence-electron chi connectivity index (χ2n) is 7.38. The van der Waals surface area contributed by atoms with Crippen LogP contribution in [0.5, 0.6) is 0 Å². The molecule has 3 N–H and O–H groups in total. The summed E-state index contributed by atoms with van der Waals surface area (Å²) < 4.78 is 5.56. The summed E-state index contributed by atoms with van der Waals surface area (Å²) in [6.07, 6.45) is 2.66. The number of fused-ring (bicyclic) bond motifs is 3. The lowest BCUT2D eigenvalue weighted by molar-refractivity contribution is 0.139. The second kappa shape index (κ2) is 8.11. The van der Waals surface area contributed by atoms with Crippen molar-refractivity contribution in [3.8, 4) is 11.1 Å². The zero-order valence-corrected chi connectivity index (χ0v) is 15.4. The van der Waals surface area contributed by atoms with E-state index in [1.54, 1.807) is 0 Å². The molecule has 0 aromatic heterocycles. The van der Waals surface area contributed by atoms with E-state index in [0.717, 1.165) is 19.3 Å². The van der Waals surface area contributed by atoms with Crippen LogP contribution in [0.2, 0.25) is 0 Å². The number of aliphatic hydroxyl groups is 1. The number of hydrogen-bond acceptors (Lipinski definition) is 4. The van der Waals surface area contributed by atoms with Gasteiger partial charge in [-0.25, -0.2) is 4.79 Å². The van der Waals surface area contributed by atoms with Crippen LogP contribution in [0.4, 0.5) is 4.79 Å². The lowest BCUT2D eigenvalue weighted by atomic mass is 9.98. The van der Waals surface area contributed by atoms with E-state index in [0.29, 0.717) is 13.2 Å². The Balaban J connectivity index is 1.34. The van der Waals surface area contributed by atoms with Crippen molar-refractivity contribution in [1.82, 2.24) is 10.6 Å². The summed E-state index contributed by atoms with van der Waals surface area (Å²) >= 11 is 0. The predicted molar refractivity (Wildman–Crippen MR) is 105 cm³/mol. The summed E-state index contributed by atoms with van der Waals surface area (Å²) in [5.41, 5.74) is 4.88. The van der Waals surface area contributed by atoms with Crippen LogP contribution in [0.3, 0.4) is 0 Å². The average Bonchev–Trinajstić information content (AvgIpc) is 3.05. The Morgan fingerprint density at radius 3 is 2.33 bits per heavy atom. The molecule has 5 nitrogen and oxygen atoms in total. The maximum Gasteiger partial charge on any atom is 0.407 e. The highest BCUT2D eigenvalue weighted by Crippen LogP contribution is 2.44. The Morgan fingerprint density at radius 2 is 1.67 bits per heavy atom. The molecule has 27 heavy (non-hydrogen) atoms. The zero-order valence-electron chi connectivity index (χ0n) is 15.4. The quantitative estimate of drug-likeness (QED) is 0.761. The Morgan fingerprint density at radius 1 is 1.04 bits per heavy atom. The van der Waals surface area contributed by atoms with Crippen LogP contribution in [0.25, 0.3) is 11.1 Å². The highest BCUT2D eigenvalue weighted by Gasteiger charge is 2.29. The van der Waals surface area contributed by atoms with Crippen molar-refractivity contribution in [2.24, 2.45) is 0 Å². The van der Waals surface area contributed by atoms with Crippen molar-refractivity contribution >= 4 is 6.09 Å². The number of aliphatic hydroxyl groups excluding tert-OH is 1. The van der Waals surface area contributed by atoms with Crippen LogP contribution in [0.15, 0.2) is 48.5 Å². The third-order valence-corrected chi connectivity index (χ3v) is 5.63. The molecule has 2 atom stereocenters. The number of hydrogen-bond donors (Lipinski definition) is 3. The predicted octanol–water partition coefficient (Wildman–Crippen LogP) is 3.03. The number of nitrogens with one attached hydrogen (secondary N) is 2. The molecule has 1 heterocycles. The first kappa shape index (κ1) is 18.0. The summed E-state index contributed by atoms with van der Waals surface area (Å²) in [5, 5.41) is 15.5. The average molecular weight is 366 g/mol. The van der Waals surface area contributed by atoms with Gasteiger partial charge in [0.05, 0.1) is 6.61 Å². The van der Waals surface area contributed by atoms with Gasteiger partial charge in [-0.2, -0.15) is 0 Å². The van der Waals surface area contributed by atoms with E-state index in [2.05, 4.69) is 34.9 Å². The van der Waals surface area contributed by atoms with Gasteiger partial charge in [-0.05, 0) is 35.1 Å². The fourth-order valence-electron chi connectivity index (χ4n) is 4.27. The van der Waals surface area contributed by atoms with Crippen LogP contribution in [-0.4, -0.2) is 43.0 Å². The lowest BCUT2D eigenvalue weighted by Gasteiger charge is -2.29. The third-order valence-electron chi connectivity index (χ3n) is 5.63. The van der Waals surface area contributed by atoms with E-state index in [-0.39, 0.29) is 30.7 Å². The normalized spacial score (nSPS) is 21.4. The summed E-state index contributed by atoms with van der Waals surface area (Å²) in [4.78, 5) is 12.2. The molecule has 142 valence electrons. The Hall–Kier alpha value is -2.37. The standard InChI is InChI=1S/C22H26N2O3/c25-13-16-7-5-6-15(24-16)12-23-22(26)27-14-21-19-10-3-1-8-17(19)18-9-2-4-11-20(18)21/h1-4,8-11,15-16,21,24-25H,5-7,12-14H2,(H,23,26). The number of rotatable bonds is 5.